The molecule has 80 valence electrons. The Morgan fingerprint density at radius 3 is 2.87 bits per heavy atom. The minimum Gasteiger partial charge on any atom is -0.330 e. The van der Waals surface area contributed by atoms with Gasteiger partial charge in [-0.1, -0.05) is 18.2 Å². The first kappa shape index (κ1) is 10.2. The van der Waals surface area contributed by atoms with Gasteiger partial charge in [0.1, 0.15) is 0 Å². The highest BCUT2D eigenvalue weighted by molar-refractivity contribution is 5.98. The Kier molecular flexibility index (Phi) is 2.73. The van der Waals surface area contributed by atoms with Crippen LogP contribution >= 0.6 is 0 Å². The van der Waals surface area contributed by atoms with Crippen LogP contribution in [0.3, 0.4) is 0 Å². The highest BCUT2D eigenvalue weighted by atomic mass is 16.2. The zero-order valence-corrected chi connectivity index (χ0v) is 9.16. The van der Waals surface area contributed by atoms with E-state index in [-0.39, 0.29) is 11.9 Å². The van der Waals surface area contributed by atoms with Crippen LogP contribution in [0.4, 0.5) is 0 Å². The van der Waals surface area contributed by atoms with Crippen molar-refractivity contribution in [2.45, 2.75) is 19.5 Å². The van der Waals surface area contributed by atoms with Crippen molar-refractivity contribution in [2.24, 2.45) is 0 Å². The smallest absolute Gasteiger partial charge is 0.254 e. The molecule has 1 aromatic carbocycles. The summed E-state index contributed by atoms with van der Waals surface area (Å²) in [6.45, 7) is 3.65. The number of nitrogens with zero attached hydrogens (tertiary/aromatic N) is 1. The van der Waals surface area contributed by atoms with Crippen molar-refractivity contribution < 1.29 is 4.79 Å². The molecule has 1 aliphatic rings. The van der Waals surface area contributed by atoms with Crippen molar-refractivity contribution in [3.05, 3.63) is 35.4 Å². The molecule has 1 heterocycles. The van der Waals surface area contributed by atoms with E-state index in [4.69, 9.17) is 0 Å². The Bertz CT molecular complexity index is 376. The van der Waals surface area contributed by atoms with Gasteiger partial charge in [-0.25, -0.2) is 0 Å². The lowest BCUT2D eigenvalue weighted by Crippen LogP contribution is -2.39. The molecular weight excluding hydrogens is 188 g/mol. The third-order valence-corrected chi connectivity index (χ3v) is 2.88. The number of amides is 1. The second-order valence-corrected chi connectivity index (χ2v) is 4.00. The van der Waals surface area contributed by atoms with E-state index >= 15 is 0 Å². The van der Waals surface area contributed by atoms with Crippen molar-refractivity contribution >= 4 is 5.91 Å². The molecule has 0 saturated heterocycles. The first-order valence-corrected chi connectivity index (χ1v) is 5.27. The molecule has 0 aliphatic carbocycles. The summed E-state index contributed by atoms with van der Waals surface area (Å²) in [5, 5.41) is 3.10. The van der Waals surface area contributed by atoms with Gasteiger partial charge in [-0.3, -0.25) is 4.79 Å². The summed E-state index contributed by atoms with van der Waals surface area (Å²) in [5.41, 5.74) is 2.01. The molecule has 0 fully saturated rings. The molecule has 3 heteroatoms. The average molecular weight is 204 g/mol. The van der Waals surface area contributed by atoms with E-state index in [1.807, 2.05) is 36.2 Å². The second-order valence-electron chi connectivity index (χ2n) is 4.00. The van der Waals surface area contributed by atoms with Crippen molar-refractivity contribution in [3.63, 3.8) is 0 Å². The van der Waals surface area contributed by atoms with E-state index in [1.54, 1.807) is 0 Å². The number of likely N-dealkylation sites (N-methyl/N-ethyl adjacent to an activating group) is 1. The second kappa shape index (κ2) is 4.03. The highest BCUT2D eigenvalue weighted by Gasteiger charge is 2.29. The predicted octanol–water partition coefficient (Wildman–Crippen LogP) is 1.25. The molecule has 15 heavy (non-hydrogen) atoms. The predicted molar refractivity (Wildman–Crippen MR) is 59.7 cm³/mol. The van der Waals surface area contributed by atoms with Gasteiger partial charge in [0.2, 0.25) is 0 Å². The molecule has 1 atom stereocenters. The summed E-state index contributed by atoms with van der Waals surface area (Å²) in [7, 11) is 1.91. The number of hydrogen-bond donors (Lipinski definition) is 1. The van der Waals surface area contributed by atoms with Crippen molar-refractivity contribution in [2.75, 3.05) is 13.6 Å². The first-order chi connectivity index (χ1) is 7.24. The third kappa shape index (κ3) is 1.75. The molecule has 1 aliphatic heterocycles. The number of hydrogen-bond acceptors (Lipinski definition) is 2. The quantitative estimate of drug-likeness (QED) is 0.803. The Morgan fingerprint density at radius 1 is 1.47 bits per heavy atom. The standard InChI is InChI=1S/C12H16N2O/c1-9(7-13-2)14-8-10-5-3-4-6-11(10)12(14)15/h3-6,9,13H,7-8H2,1-2H3. The minimum atomic E-state index is 0.161. The van der Waals surface area contributed by atoms with Gasteiger partial charge in [0, 0.05) is 24.7 Å². The van der Waals surface area contributed by atoms with Gasteiger partial charge in [0.05, 0.1) is 0 Å². The molecule has 0 bridgehead atoms. The van der Waals surface area contributed by atoms with Crippen molar-refractivity contribution in [1.29, 1.82) is 0 Å². The molecule has 3 nitrogen and oxygen atoms in total. The molecular formula is C12H16N2O. The van der Waals surface area contributed by atoms with Gasteiger partial charge in [0.15, 0.2) is 0 Å². The fraction of sp³-hybridized carbons (Fsp3) is 0.417. The molecule has 0 saturated carbocycles. The minimum absolute atomic E-state index is 0.161. The number of carbonyl (C=O) groups excluding carboxylic acids is 1. The first-order valence-electron chi connectivity index (χ1n) is 5.27. The van der Waals surface area contributed by atoms with Gasteiger partial charge in [-0.15, -0.1) is 0 Å². The average Bonchev–Trinajstić information content (AvgIpc) is 2.57. The Labute approximate surface area is 90.1 Å². The number of carbonyl (C=O) groups is 1. The fourth-order valence-corrected chi connectivity index (χ4v) is 2.04. The lowest BCUT2D eigenvalue weighted by atomic mass is 10.1. The topological polar surface area (TPSA) is 32.3 Å². The zero-order valence-electron chi connectivity index (χ0n) is 9.16. The van der Waals surface area contributed by atoms with E-state index < -0.39 is 0 Å². The number of rotatable bonds is 3. The SMILES string of the molecule is CNCC(C)N1Cc2ccccc2C1=O. The Hall–Kier alpha value is -1.35. The van der Waals surface area contributed by atoms with Crippen molar-refractivity contribution in [3.8, 4) is 0 Å². The van der Waals surface area contributed by atoms with Gasteiger partial charge < -0.3 is 10.2 Å². The van der Waals surface area contributed by atoms with Crippen LogP contribution in [0.2, 0.25) is 0 Å². The maximum atomic E-state index is 12.0. The monoisotopic (exact) mass is 204 g/mol. The summed E-state index contributed by atoms with van der Waals surface area (Å²) < 4.78 is 0. The summed E-state index contributed by atoms with van der Waals surface area (Å²) in [6, 6.07) is 8.08. The van der Waals surface area contributed by atoms with Gasteiger partial charge in [0.25, 0.3) is 5.91 Å². The van der Waals surface area contributed by atoms with E-state index in [0.29, 0.717) is 0 Å². The summed E-state index contributed by atoms with van der Waals surface area (Å²) in [4.78, 5) is 13.9. The highest BCUT2D eigenvalue weighted by Crippen LogP contribution is 2.23. The Balaban J connectivity index is 2.20. The number of fused-ring (bicyclic) bond motifs is 1. The molecule has 2 rings (SSSR count). The van der Waals surface area contributed by atoms with E-state index in [2.05, 4.69) is 12.2 Å². The lowest BCUT2D eigenvalue weighted by molar-refractivity contribution is 0.0717. The van der Waals surface area contributed by atoms with Crippen LogP contribution in [0, 0.1) is 0 Å². The van der Waals surface area contributed by atoms with E-state index in [9.17, 15) is 4.79 Å². The van der Waals surface area contributed by atoms with Crippen LogP contribution < -0.4 is 5.32 Å². The molecule has 0 radical (unpaired) electrons. The van der Waals surface area contributed by atoms with Crippen LogP contribution in [-0.4, -0.2) is 30.4 Å². The maximum absolute atomic E-state index is 12.0. The van der Waals surface area contributed by atoms with Crippen LogP contribution in [0.1, 0.15) is 22.8 Å². The number of nitrogens with one attached hydrogen (secondary N) is 1. The van der Waals surface area contributed by atoms with Crippen LogP contribution in [0.15, 0.2) is 24.3 Å². The molecule has 1 amide bonds. The zero-order chi connectivity index (χ0) is 10.8. The van der Waals surface area contributed by atoms with Gasteiger partial charge in [-0.05, 0) is 25.6 Å². The maximum Gasteiger partial charge on any atom is 0.254 e. The summed E-state index contributed by atoms with van der Waals surface area (Å²) >= 11 is 0. The summed E-state index contributed by atoms with van der Waals surface area (Å²) in [6.07, 6.45) is 0. The molecule has 1 N–H and O–H groups in total. The molecule has 0 spiro atoms. The van der Waals surface area contributed by atoms with E-state index in [1.165, 1.54) is 0 Å². The van der Waals surface area contributed by atoms with Crippen molar-refractivity contribution in [1.82, 2.24) is 10.2 Å². The largest absolute Gasteiger partial charge is 0.330 e. The molecule has 1 aromatic rings. The fourth-order valence-electron chi connectivity index (χ4n) is 2.04. The lowest BCUT2D eigenvalue weighted by Gasteiger charge is -2.23. The normalized spacial score (nSPS) is 16.7. The van der Waals surface area contributed by atoms with Gasteiger partial charge in [-0.2, -0.15) is 0 Å². The van der Waals surface area contributed by atoms with Crippen LogP contribution in [0.5, 0.6) is 0 Å². The molecule has 1 unspecified atom stereocenters. The number of benzene rings is 1. The van der Waals surface area contributed by atoms with Crippen LogP contribution in [-0.2, 0) is 6.54 Å². The summed E-state index contributed by atoms with van der Waals surface area (Å²) in [5.74, 6) is 0.161. The Morgan fingerprint density at radius 2 is 2.20 bits per heavy atom. The van der Waals surface area contributed by atoms with Crippen LogP contribution in [0.25, 0.3) is 0 Å². The van der Waals surface area contributed by atoms with E-state index in [0.717, 1.165) is 24.2 Å². The molecule has 0 aromatic heterocycles. The van der Waals surface area contributed by atoms with Gasteiger partial charge >= 0.3 is 0 Å². The third-order valence-electron chi connectivity index (χ3n) is 2.88.